The molecule has 0 bridgehead atoms. The molecular formula is C16H23N3OS. The van der Waals surface area contributed by atoms with Gasteiger partial charge < -0.3 is 11.1 Å². The van der Waals surface area contributed by atoms with Crippen molar-refractivity contribution in [1.29, 1.82) is 5.26 Å². The van der Waals surface area contributed by atoms with Gasteiger partial charge in [0.05, 0.1) is 11.1 Å². The third-order valence-electron chi connectivity index (χ3n) is 4.56. The molecule has 4 nitrogen and oxygen atoms in total. The maximum Gasteiger partial charge on any atom is 0.245 e. The normalized spacial score (nSPS) is 18.0. The molecule has 0 spiro atoms. The molecule has 5 heteroatoms. The van der Waals surface area contributed by atoms with Gasteiger partial charge in [-0.1, -0.05) is 20.8 Å². The van der Waals surface area contributed by atoms with Crippen molar-refractivity contribution in [2.45, 2.75) is 58.4 Å². The first-order valence-corrected chi connectivity index (χ1v) is 8.41. The van der Waals surface area contributed by atoms with E-state index in [2.05, 4.69) is 18.3 Å². The van der Waals surface area contributed by atoms with Crippen LogP contribution in [-0.2, 0) is 17.6 Å². The SMILES string of the molecule is CCC(N)(CC)C(=O)Nc1sc2c(c1C#N)CCC(C)C2. The Morgan fingerprint density at radius 1 is 1.52 bits per heavy atom. The van der Waals surface area contributed by atoms with Gasteiger partial charge in [-0.05, 0) is 43.6 Å². The Labute approximate surface area is 130 Å². The van der Waals surface area contributed by atoms with Crippen molar-refractivity contribution >= 4 is 22.2 Å². The van der Waals surface area contributed by atoms with Crippen LogP contribution in [-0.4, -0.2) is 11.4 Å². The van der Waals surface area contributed by atoms with Gasteiger partial charge in [0.1, 0.15) is 11.1 Å². The van der Waals surface area contributed by atoms with Crippen molar-refractivity contribution in [3.63, 3.8) is 0 Å². The average Bonchev–Trinajstić information content (AvgIpc) is 2.82. The van der Waals surface area contributed by atoms with Crippen molar-refractivity contribution in [3.8, 4) is 6.07 Å². The maximum atomic E-state index is 12.4. The molecule has 1 atom stereocenters. The van der Waals surface area contributed by atoms with E-state index < -0.39 is 5.54 Å². The molecule has 3 N–H and O–H groups in total. The van der Waals surface area contributed by atoms with Crippen LogP contribution in [0.2, 0.25) is 0 Å². The first kappa shape index (κ1) is 16.0. The van der Waals surface area contributed by atoms with Crippen LogP contribution < -0.4 is 11.1 Å². The van der Waals surface area contributed by atoms with E-state index in [1.807, 2.05) is 13.8 Å². The van der Waals surface area contributed by atoms with Gasteiger partial charge in [-0.3, -0.25) is 4.79 Å². The van der Waals surface area contributed by atoms with E-state index in [-0.39, 0.29) is 5.91 Å². The summed E-state index contributed by atoms with van der Waals surface area (Å²) in [7, 11) is 0. The van der Waals surface area contributed by atoms with Crippen molar-refractivity contribution in [2.24, 2.45) is 11.7 Å². The highest BCUT2D eigenvalue weighted by Gasteiger charge is 2.32. The highest BCUT2D eigenvalue weighted by atomic mass is 32.1. The lowest BCUT2D eigenvalue weighted by atomic mass is 9.88. The number of amides is 1. The Balaban J connectivity index is 2.30. The molecule has 0 aromatic carbocycles. The molecule has 0 aliphatic heterocycles. The van der Waals surface area contributed by atoms with Crippen LogP contribution in [0, 0.1) is 17.2 Å². The summed E-state index contributed by atoms with van der Waals surface area (Å²) < 4.78 is 0. The third-order valence-corrected chi connectivity index (χ3v) is 5.73. The van der Waals surface area contributed by atoms with Crippen molar-refractivity contribution in [3.05, 3.63) is 16.0 Å². The number of nitrogens with zero attached hydrogens (tertiary/aromatic N) is 1. The molecule has 21 heavy (non-hydrogen) atoms. The second-order valence-electron chi connectivity index (χ2n) is 5.99. The number of hydrogen-bond donors (Lipinski definition) is 2. The third kappa shape index (κ3) is 2.97. The van der Waals surface area contributed by atoms with Crippen LogP contribution in [0.4, 0.5) is 5.00 Å². The molecule has 1 unspecified atom stereocenters. The van der Waals surface area contributed by atoms with Gasteiger partial charge in [0.15, 0.2) is 0 Å². The number of nitrogens with one attached hydrogen (secondary N) is 1. The summed E-state index contributed by atoms with van der Waals surface area (Å²) in [6, 6.07) is 2.27. The van der Waals surface area contributed by atoms with E-state index >= 15 is 0 Å². The summed E-state index contributed by atoms with van der Waals surface area (Å²) in [6.45, 7) is 6.05. The zero-order valence-electron chi connectivity index (χ0n) is 13.0. The number of thiophene rings is 1. The fourth-order valence-corrected chi connectivity index (χ4v) is 4.11. The van der Waals surface area contributed by atoms with E-state index in [0.29, 0.717) is 29.3 Å². The van der Waals surface area contributed by atoms with Crippen LogP contribution in [0.15, 0.2) is 0 Å². The van der Waals surface area contributed by atoms with Gasteiger partial charge in [0.25, 0.3) is 0 Å². The van der Waals surface area contributed by atoms with Crippen LogP contribution in [0.3, 0.4) is 0 Å². The van der Waals surface area contributed by atoms with Crippen molar-refractivity contribution in [1.82, 2.24) is 0 Å². The molecule has 1 aromatic heterocycles. The van der Waals surface area contributed by atoms with Gasteiger partial charge in [-0.25, -0.2) is 0 Å². The monoisotopic (exact) mass is 305 g/mol. The van der Waals surface area contributed by atoms with Crippen LogP contribution in [0.5, 0.6) is 0 Å². The largest absolute Gasteiger partial charge is 0.317 e. The van der Waals surface area contributed by atoms with E-state index in [1.54, 1.807) is 11.3 Å². The minimum Gasteiger partial charge on any atom is -0.317 e. The molecule has 0 saturated heterocycles. The predicted molar refractivity (Wildman–Crippen MR) is 86.4 cm³/mol. The van der Waals surface area contributed by atoms with Gasteiger partial charge in [-0.15, -0.1) is 11.3 Å². The Morgan fingerprint density at radius 3 is 2.76 bits per heavy atom. The summed E-state index contributed by atoms with van der Waals surface area (Å²) >= 11 is 1.55. The van der Waals surface area contributed by atoms with Crippen LogP contribution in [0.1, 0.15) is 56.0 Å². The molecule has 2 rings (SSSR count). The van der Waals surface area contributed by atoms with Gasteiger partial charge in [0.2, 0.25) is 5.91 Å². The Hall–Kier alpha value is -1.38. The van der Waals surface area contributed by atoms with E-state index in [4.69, 9.17) is 5.73 Å². The van der Waals surface area contributed by atoms with Gasteiger partial charge in [0, 0.05) is 4.88 Å². The quantitative estimate of drug-likeness (QED) is 0.896. The smallest absolute Gasteiger partial charge is 0.245 e. The molecule has 0 radical (unpaired) electrons. The lowest BCUT2D eigenvalue weighted by Gasteiger charge is -2.24. The maximum absolute atomic E-state index is 12.4. The number of fused-ring (bicyclic) bond motifs is 1. The van der Waals surface area contributed by atoms with Crippen LogP contribution in [0.25, 0.3) is 0 Å². The van der Waals surface area contributed by atoms with Crippen molar-refractivity contribution in [2.75, 3.05) is 5.32 Å². The molecule has 1 amide bonds. The van der Waals surface area contributed by atoms with E-state index in [0.717, 1.165) is 24.8 Å². The predicted octanol–water partition coefficient (Wildman–Crippen LogP) is 3.20. The minimum atomic E-state index is -0.857. The summed E-state index contributed by atoms with van der Waals surface area (Å²) in [5.74, 6) is 0.460. The highest BCUT2D eigenvalue weighted by molar-refractivity contribution is 7.16. The zero-order chi connectivity index (χ0) is 15.6. The molecular weight excluding hydrogens is 282 g/mol. The Kier molecular flexibility index (Phi) is 4.70. The average molecular weight is 305 g/mol. The Bertz CT molecular complexity index is 581. The molecule has 0 saturated carbocycles. The van der Waals surface area contributed by atoms with Gasteiger partial charge in [-0.2, -0.15) is 5.26 Å². The molecule has 1 heterocycles. The molecule has 114 valence electrons. The lowest BCUT2D eigenvalue weighted by molar-refractivity contribution is -0.121. The number of rotatable bonds is 4. The minimum absolute atomic E-state index is 0.185. The fourth-order valence-electron chi connectivity index (χ4n) is 2.76. The molecule has 1 aliphatic carbocycles. The number of nitrogens with two attached hydrogens (primary N) is 1. The second kappa shape index (κ2) is 6.17. The fraction of sp³-hybridized carbons (Fsp3) is 0.625. The zero-order valence-corrected chi connectivity index (χ0v) is 13.8. The first-order valence-electron chi connectivity index (χ1n) is 7.60. The van der Waals surface area contributed by atoms with Crippen molar-refractivity contribution < 1.29 is 4.79 Å². The molecule has 1 aromatic rings. The lowest BCUT2D eigenvalue weighted by Crippen LogP contribution is -2.50. The molecule has 1 aliphatic rings. The number of nitriles is 1. The van der Waals surface area contributed by atoms with Crippen LogP contribution >= 0.6 is 11.3 Å². The topological polar surface area (TPSA) is 78.9 Å². The second-order valence-corrected chi connectivity index (χ2v) is 7.09. The summed E-state index contributed by atoms with van der Waals surface area (Å²) in [5, 5.41) is 13.0. The first-order chi connectivity index (χ1) is 9.95. The standard InChI is InChI=1S/C16H23N3OS/c1-4-16(18,5-2)15(20)19-14-12(9-17)11-7-6-10(3)8-13(11)21-14/h10H,4-8,18H2,1-3H3,(H,19,20). The number of carbonyl (C=O) groups is 1. The molecule has 0 fully saturated rings. The highest BCUT2D eigenvalue weighted by Crippen LogP contribution is 2.39. The summed E-state index contributed by atoms with van der Waals surface area (Å²) in [5.41, 5.74) is 7.05. The summed E-state index contributed by atoms with van der Waals surface area (Å²) in [6.07, 6.45) is 4.20. The summed E-state index contributed by atoms with van der Waals surface area (Å²) in [4.78, 5) is 13.6. The number of anilines is 1. The number of hydrogen-bond acceptors (Lipinski definition) is 4. The van der Waals surface area contributed by atoms with Gasteiger partial charge >= 0.3 is 0 Å². The Morgan fingerprint density at radius 2 is 2.19 bits per heavy atom. The van der Waals surface area contributed by atoms with E-state index in [9.17, 15) is 10.1 Å². The number of carbonyl (C=O) groups excluding carboxylic acids is 1. The van der Waals surface area contributed by atoms with E-state index in [1.165, 1.54) is 4.88 Å².